The van der Waals surface area contributed by atoms with E-state index in [2.05, 4.69) is 103 Å². The van der Waals surface area contributed by atoms with Crippen LogP contribution in [0.5, 0.6) is 0 Å². The molecule has 2 aliphatic rings. The predicted molar refractivity (Wildman–Crippen MR) is 112 cm³/mol. The number of nitrogens with zero attached hydrogens (tertiary/aromatic N) is 1. The summed E-state index contributed by atoms with van der Waals surface area (Å²) in [5, 5.41) is 2.56. The Morgan fingerprint density at radius 1 is 1.00 bits per heavy atom. The number of rotatable bonds is 1. The number of hydrogen-bond donors (Lipinski definition) is 0. The van der Waals surface area contributed by atoms with E-state index >= 15 is 0 Å². The summed E-state index contributed by atoms with van der Waals surface area (Å²) >= 11 is -0.826. The number of halogens is 2. The first-order valence-corrected chi connectivity index (χ1v) is 15.0. The minimum atomic E-state index is -0.826. The third kappa shape index (κ3) is 5.35. The molecule has 2 aromatic carbocycles. The van der Waals surface area contributed by atoms with Gasteiger partial charge in [0, 0.05) is 12.4 Å². The third-order valence-electron chi connectivity index (χ3n) is 4.42. The average Bonchev–Trinajstić information content (AvgIpc) is 3.41. The predicted octanol–water partition coefficient (Wildman–Crippen LogP) is 7.13. The van der Waals surface area contributed by atoms with Gasteiger partial charge in [-0.2, -0.15) is 11.6 Å². The zero-order valence-corrected chi connectivity index (χ0v) is 19.0. The molecule has 27 heavy (non-hydrogen) atoms. The first kappa shape index (κ1) is 20.4. The van der Waals surface area contributed by atoms with Crippen LogP contribution in [0.2, 0.25) is 0 Å². The summed E-state index contributed by atoms with van der Waals surface area (Å²) in [5.41, 5.74) is 3.88. The summed E-state index contributed by atoms with van der Waals surface area (Å²) in [7, 11) is 9.87. The second kappa shape index (κ2) is 10.3. The van der Waals surface area contributed by atoms with E-state index in [9.17, 15) is 0 Å². The van der Waals surface area contributed by atoms with Crippen LogP contribution in [0.3, 0.4) is 0 Å². The molecule has 0 spiro atoms. The van der Waals surface area contributed by atoms with Crippen LogP contribution in [0.1, 0.15) is 30.5 Å². The molecule has 0 fully saturated rings. The van der Waals surface area contributed by atoms with E-state index in [1.54, 1.807) is 0 Å². The summed E-state index contributed by atoms with van der Waals surface area (Å²) in [4.78, 5) is 0. The van der Waals surface area contributed by atoms with Crippen molar-refractivity contribution in [3.8, 4) is 0 Å². The molecular formula is C23H19Cl2NZr. The van der Waals surface area contributed by atoms with Gasteiger partial charge in [-0.25, -0.2) is 23.8 Å². The zero-order chi connectivity index (χ0) is 19.1. The topological polar surface area (TPSA) is 4.93 Å². The molecule has 1 unspecified atom stereocenters. The number of benzene rings is 2. The van der Waals surface area contributed by atoms with Crippen molar-refractivity contribution < 1.29 is 20.8 Å². The molecule has 2 aliphatic carbocycles. The molecule has 0 saturated heterocycles. The third-order valence-corrected chi connectivity index (χ3v) is 4.42. The molecule has 0 radical (unpaired) electrons. The van der Waals surface area contributed by atoms with Crippen molar-refractivity contribution in [2.45, 2.75) is 19.4 Å². The first-order chi connectivity index (χ1) is 13.2. The Bertz CT molecular complexity index is 949. The maximum atomic E-state index is 4.93. The van der Waals surface area contributed by atoms with Crippen molar-refractivity contribution in [2.24, 2.45) is 0 Å². The van der Waals surface area contributed by atoms with Crippen molar-refractivity contribution in [3.63, 3.8) is 0 Å². The molecule has 4 heteroatoms. The second-order valence-electron chi connectivity index (χ2n) is 6.21. The fourth-order valence-electron chi connectivity index (χ4n) is 3.16. The van der Waals surface area contributed by atoms with E-state index in [4.69, 9.17) is 17.0 Å². The Labute approximate surface area is 179 Å². The summed E-state index contributed by atoms with van der Waals surface area (Å²) in [6.45, 7) is 2.06. The standard InChI is InChI=1S/C17H12N.C6H7.2ClH.Zr/c1-2-7-15-12-18(11-14(15)6-1)17-10-9-13-5-3-4-8-16(13)17;1-6-4-2-3-5-6;;;/h1-9,11-12,17H;2,4H,3H2,1H3;2*1H;/q2*-1;;;+4/p-2. The molecule has 1 nitrogen and oxygen atoms in total. The molecule has 0 bridgehead atoms. The van der Waals surface area contributed by atoms with Crippen molar-refractivity contribution in [3.05, 3.63) is 102 Å². The van der Waals surface area contributed by atoms with Gasteiger partial charge in [-0.3, -0.25) is 6.08 Å². The van der Waals surface area contributed by atoms with Crippen LogP contribution in [0, 0.1) is 12.2 Å². The SMILES string of the molecule is CC1=[C-]CC=C1.[C-]1=Cc2ccccc2C1n1cc2ccccc2c1.[Cl][Zr+2][Cl]. The van der Waals surface area contributed by atoms with Gasteiger partial charge in [0.2, 0.25) is 0 Å². The average molecular weight is 472 g/mol. The van der Waals surface area contributed by atoms with Gasteiger partial charge in [0.05, 0.1) is 0 Å². The number of hydrogen-bond acceptors (Lipinski definition) is 0. The van der Waals surface area contributed by atoms with Crippen molar-refractivity contribution >= 4 is 33.9 Å². The van der Waals surface area contributed by atoms with Gasteiger partial charge in [0.15, 0.2) is 0 Å². The zero-order valence-electron chi connectivity index (χ0n) is 15.0. The Hall–Kier alpha value is -1.34. The van der Waals surface area contributed by atoms with Crippen LogP contribution in [0.4, 0.5) is 0 Å². The van der Waals surface area contributed by atoms with E-state index < -0.39 is 20.8 Å². The maximum absolute atomic E-state index is 4.93. The van der Waals surface area contributed by atoms with Gasteiger partial charge >= 0.3 is 37.9 Å². The van der Waals surface area contributed by atoms with Crippen LogP contribution in [-0.4, -0.2) is 4.57 Å². The molecule has 0 N–H and O–H groups in total. The van der Waals surface area contributed by atoms with Gasteiger partial charge in [-0.05, 0) is 16.8 Å². The normalized spacial score (nSPS) is 16.0. The molecule has 1 heterocycles. The van der Waals surface area contributed by atoms with Crippen LogP contribution < -0.4 is 0 Å². The monoisotopic (exact) mass is 469 g/mol. The molecular weight excluding hydrogens is 452 g/mol. The van der Waals surface area contributed by atoms with E-state index in [0.717, 1.165) is 6.42 Å². The van der Waals surface area contributed by atoms with E-state index in [1.807, 2.05) is 0 Å². The molecule has 3 aromatic rings. The fourth-order valence-corrected chi connectivity index (χ4v) is 3.16. The van der Waals surface area contributed by atoms with E-state index in [-0.39, 0.29) is 6.04 Å². The van der Waals surface area contributed by atoms with Gasteiger partial charge in [0.25, 0.3) is 0 Å². The molecule has 1 aromatic heterocycles. The van der Waals surface area contributed by atoms with Gasteiger partial charge < -0.3 is 4.57 Å². The van der Waals surface area contributed by atoms with Crippen molar-refractivity contribution in [1.29, 1.82) is 0 Å². The Morgan fingerprint density at radius 2 is 1.63 bits per heavy atom. The van der Waals surface area contributed by atoms with Gasteiger partial charge in [0.1, 0.15) is 0 Å². The van der Waals surface area contributed by atoms with Gasteiger partial charge in [-0.1, -0.05) is 49.4 Å². The first-order valence-electron chi connectivity index (χ1n) is 8.67. The Kier molecular flexibility index (Phi) is 7.76. The van der Waals surface area contributed by atoms with Gasteiger partial charge in [-0.15, -0.1) is 18.1 Å². The molecule has 134 valence electrons. The molecule has 1 atom stereocenters. The van der Waals surface area contributed by atoms with E-state index in [1.165, 1.54) is 27.5 Å². The van der Waals surface area contributed by atoms with Crippen molar-refractivity contribution in [1.82, 2.24) is 4.57 Å². The molecule has 0 amide bonds. The Morgan fingerprint density at radius 3 is 2.19 bits per heavy atom. The number of aromatic nitrogens is 1. The summed E-state index contributed by atoms with van der Waals surface area (Å²) in [5.74, 6) is 0. The van der Waals surface area contributed by atoms with Crippen LogP contribution in [0.15, 0.2) is 78.6 Å². The van der Waals surface area contributed by atoms with Crippen molar-refractivity contribution in [2.75, 3.05) is 0 Å². The quantitative estimate of drug-likeness (QED) is 0.333. The van der Waals surface area contributed by atoms with Crippen LogP contribution >= 0.6 is 17.0 Å². The minimum absolute atomic E-state index is 0.216. The molecule has 0 aliphatic heterocycles. The number of fused-ring (bicyclic) bond motifs is 2. The summed E-state index contributed by atoms with van der Waals surface area (Å²) in [6, 6.07) is 17.2. The van der Waals surface area contributed by atoms with Crippen LogP contribution in [0.25, 0.3) is 16.8 Å². The summed E-state index contributed by atoms with van der Waals surface area (Å²) < 4.78 is 2.24. The summed E-state index contributed by atoms with van der Waals surface area (Å²) in [6.07, 6.45) is 18.3. The molecule has 0 saturated carbocycles. The fraction of sp³-hybridized carbons (Fsp3) is 0.130. The molecule has 5 rings (SSSR count). The Balaban J connectivity index is 0.000000196. The van der Waals surface area contributed by atoms with Crippen LogP contribution in [-0.2, 0) is 20.8 Å². The van der Waals surface area contributed by atoms with E-state index in [0.29, 0.717) is 0 Å². The number of allylic oxidation sites excluding steroid dienone is 5. The second-order valence-corrected chi connectivity index (χ2v) is 9.95.